The zero-order valence-electron chi connectivity index (χ0n) is 13.2. The third-order valence-electron chi connectivity index (χ3n) is 1.91. The van der Waals surface area contributed by atoms with Gasteiger partial charge in [-0.3, -0.25) is 4.79 Å². The van der Waals surface area contributed by atoms with Crippen molar-refractivity contribution in [2.24, 2.45) is 0 Å². The van der Waals surface area contributed by atoms with Crippen LogP contribution in [0.3, 0.4) is 0 Å². The highest BCUT2D eigenvalue weighted by atomic mass is 16.5. The van der Waals surface area contributed by atoms with Gasteiger partial charge in [0.15, 0.2) is 0 Å². The van der Waals surface area contributed by atoms with Crippen LogP contribution in [-0.2, 0) is 4.79 Å². The van der Waals surface area contributed by atoms with E-state index in [0.29, 0.717) is 17.2 Å². The van der Waals surface area contributed by atoms with Gasteiger partial charge < -0.3 is 19.3 Å². The van der Waals surface area contributed by atoms with Crippen LogP contribution in [0.5, 0.6) is 17.2 Å². The second-order valence-corrected chi connectivity index (χ2v) is 3.04. The lowest BCUT2D eigenvalue weighted by molar-refractivity contribution is -0.137. The largest absolute Gasteiger partial charge is 0.496 e. The van der Waals surface area contributed by atoms with Gasteiger partial charge in [-0.2, -0.15) is 0 Å². The predicted molar refractivity (Wildman–Crippen MR) is 80.0 cm³/mol. The molecule has 0 radical (unpaired) electrons. The smallest absolute Gasteiger partial charge is 0.306 e. The Morgan fingerprint density at radius 2 is 1.35 bits per heavy atom. The summed E-state index contributed by atoms with van der Waals surface area (Å²) in [5.74, 6) is 0.835. The Morgan fingerprint density at radius 3 is 1.70 bits per heavy atom. The van der Waals surface area contributed by atoms with Crippen molar-refractivity contribution in [3.63, 3.8) is 0 Å². The van der Waals surface area contributed by atoms with E-state index in [1.165, 1.54) is 14.2 Å². The number of benzene rings is 1. The van der Waals surface area contributed by atoms with E-state index in [1.807, 2.05) is 27.7 Å². The van der Waals surface area contributed by atoms with Gasteiger partial charge in [0.2, 0.25) is 0 Å². The molecule has 5 nitrogen and oxygen atoms in total. The first-order valence-corrected chi connectivity index (χ1v) is 6.73. The Hall–Kier alpha value is -1.91. The lowest BCUT2D eigenvalue weighted by Crippen LogP contribution is -2.04. The van der Waals surface area contributed by atoms with Gasteiger partial charge in [0.25, 0.3) is 0 Å². The summed E-state index contributed by atoms with van der Waals surface area (Å²) in [4.78, 5) is 10.3. The van der Waals surface area contributed by atoms with Gasteiger partial charge in [0, 0.05) is 18.2 Å². The van der Waals surface area contributed by atoms with Gasteiger partial charge in [-0.15, -0.1) is 0 Å². The minimum Gasteiger partial charge on any atom is -0.496 e. The van der Waals surface area contributed by atoms with Crippen molar-refractivity contribution in [3.8, 4) is 17.2 Å². The van der Waals surface area contributed by atoms with E-state index in [-0.39, 0.29) is 13.0 Å². The lowest BCUT2D eigenvalue weighted by Gasteiger charge is -2.09. The van der Waals surface area contributed by atoms with Crippen LogP contribution in [0.2, 0.25) is 0 Å². The Bertz CT molecular complexity index is 341. The Balaban J connectivity index is 0. The normalized spacial score (nSPS) is 8.30. The average molecular weight is 286 g/mol. The topological polar surface area (TPSA) is 65.0 Å². The fourth-order valence-corrected chi connectivity index (χ4v) is 1.12. The van der Waals surface area contributed by atoms with Crippen LogP contribution in [0.25, 0.3) is 0 Å². The Labute approximate surface area is 121 Å². The first-order chi connectivity index (χ1) is 9.65. The highest BCUT2D eigenvalue weighted by Gasteiger charge is 2.03. The van der Waals surface area contributed by atoms with E-state index in [2.05, 4.69) is 0 Å². The van der Waals surface area contributed by atoms with E-state index in [9.17, 15) is 4.79 Å². The van der Waals surface area contributed by atoms with E-state index < -0.39 is 5.97 Å². The molecule has 0 aromatic heterocycles. The highest BCUT2D eigenvalue weighted by molar-refractivity contribution is 5.66. The Kier molecular flexibility index (Phi) is 13.8. The molecule has 1 aromatic carbocycles. The van der Waals surface area contributed by atoms with Crippen molar-refractivity contribution >= 4 is 5.97 Å². The number of methoxy groups -OCH3 is 2. The molecule has 0 amide bonds. The molecular formula is C15H26O5. The average Bonchev–Trinajstić information content (AvgIpc) is 2.50. The van der Waals surface area contributed by atoms with Gasteiger partial charge in [-0.05, 0) is 0 Å². The van der Waals surface area contributed by atoms with Gasteiger partial charge in [-0.25, -0.2) is 0 Å². The molecule has 0 heterocycles. The van der Waals surface area contributed by atoms with E-state index in [1.54, 1.807) is 18.2 Å². The second-order valence-electron chi connectivity index (χ2n) is 3.04. The molecule has 1 rings (SSSR count). The summed E-state index contributed by atoms with van der Waals surface area (Å²) >= 11 is 0. The summed E-state index contributed by atoms with van der Waals surface area (Å²) in [7, 11) is 3.08. The summed E-state index contributed by atoms with van der Waals surface area (Å²) in [6.45, 7) is 8.12. The van der Waals surface area contributed by atoms with Crippen LogP contribution >= 0.6 is 0 Å². The number of hydrogen-bond acceptors (Lipinski definition) is 4. The number of ether oxygens (including phenoxy) is 3. The summed E-state index contributed by atoms with van der Waals surface area (Å²) in [5.41, 5.74) is 0. The molecule has 0 saturated heterocycles. The molecule has 0 saturated carbocycles. The monoisotopic (exact) mass is 286 g/mol. The standard InChI is InChI=1S/C11H14O5.2C2H6/c1-14-8-5-9(15-2)7-10(6-8)16-4-3-11(12)13;2*1-2/h5-7H,3-4H2,1-2H3,(H,12,13);2*1-2H3. The lowest BCUT2D eigenvalue weighted by atomic mass is 10.3. The molecule has 0 unspecified atom stereocenters. The number of aliphatic carboxylic acids is 1. The van der Waals surface area contributed by atoms with Gasteiger partial charge in [0.05, 0.1) is 27.2 Å². The number of carbonyl (C=O) groups is 1. The molecule has 116 valence electrons. The molecule has 0 bridgehead atoms. The zero-order valence-corrected chi connectivity index (χ0v) is 13.2. The molecule has 5 heteroatoms. The molecule has 0 aliphatic carbocycles. The first kappa shape index (κ1) is 20.4. The minimum absolute atomic E-state index is 0.0421. The van der Waals surface area contributed by atoms with Crippen LogP contribution in [0.4, 0.5) is 0 Å². The maximum atomic E-state index is 10.3. The van der Waals surface area contributed by atoms with Crippen LogP contribution in [0, 0.1) is 0 Å². The number of hydrogen-bond donors (Lipinski definition) is 1. The summed E-state index contributed by atoms with van der Waals surface area (Å²) in [6.07, 6.45) is -0.0421. The highest BCUT2D eigenvalue weighted by Crippen LogP contribution is 2.27. The van der Waals surface area contributed by atoms with Crippen molar-refractivity contribution in [2.45, 2.75) is 34.1 Å². The molecule has 20 heavy (non-hydrogen) atoms. The van der Waals surface area contributed by atoms with Gasteiger partial charge in [-0.1, -0.05) is 27.7 Å². The predicted octanol–water partition coefficient (Wildman–Crippen LogP) is 3.61. The molecule has 0 aliphatic heterocycles. The summed E-state index contributed by atoms with van der Waals surface area (Å²) in [5, 5.41) is 8.46. The zero-order chi connectivity index (χ0) is 16.0. The van der Waals surface area contributed by atoms with Gasteiger partial charge in [0.1, 0.15) is 17.2 Å². The number of rotatable bonds is 6. The maximum Gasteiger partial charge on any atom is 0.306 e. The van der Waals surface area contributed by atoms with Crippen LogP contribution in [0.15, 0.2) is 18.2 Å². The number of carboxylic acids is 1. The number of carboxylic acid groups (broad SMARTS) is 1. The molecule has 0 aliphatic rings. The van der Waals surface area contributed by atoms with Crippen LogP contribution in [-0.4, -0.2) is 31.9 Å². The van der Waals surface area contributed by atoms with Crippen molar-refractivity contribution in [1.29, 1.82) is 0 Å². The fourth-order valence-electron chi connectivity index (χ4n) is 1.12. The van der Waals surface area contributed by atoms with Crippen LogP contribution in [0.1, 0.15) is 34.1 Å². The van der Waals surface area contributed by atoms with Crippen molar-refractivity contribution in [2.75, 3.05) is 20.8 Å². The second kappa shape index (κ2) is 13.5. The van der Waals surface area contributed by atoms with Crippen molar-refractivity contribution < 1.29 is 24.1 Å². The van der Waals surface area contributed by atoms with E-state index in [4.69, 9.17) is 19.3 Å². The molecule has 0 spiro atoms. The first-order valence-electron chi connectivity index (χ1n) is 6.73. The maximum absolute atomic E-state index is 10.3. The molecule has 0 fully saturated rings. The minimum atomic E-state index is -0.894. The van der Waals surface area contributed by atoms with Gasteiger partial charge >= 0.3 is 5.97 Å². The van der Waals surface area contributed by atoms with E-state index >= 15 is 0 Å². The Morgan fingerprint density at radius 1 is 0.950 bits per heavy atom. The summed E-state index contributed by atoms with van der Waals surface area (Å²) < 4.78 is 15.4. The van der Waals surface area contributed by atoms with Crippen LogP contribution < -0.4 is 14.2 Å². The van der Waals surface area contributed by atoms with E-state index in [0.717, 1.165) is 0 Å². The molecule has 1 N–H and O–H groups in total. The molecular weight excluding hydrogens is 260 g/mol. The van der Waals surface area contributed by atoms with Crippen molar-refractivity contribution in [1.82, 2.24) is 0 Å². The third kappa shape index (κ3) is 9.08. The fraction of sp³-hybridized carbons (Fsp3) is 0.533. The molecule has 1 aromatic rings. The molecule has 0 atom stereocenters. The quantitative estimate of drug-likeness (QED) is 0.865. The third-order valence-corrected chi connectivity index (χ3v) is 1.91. The van der Waals surface area contributed by atoms with Crippen molar-refractivity contribution in [3.05, 3.63) is 18.2 Å². The summed E-state index contributed by atoms with van der Waals surface area (Å²) in [6, 6.07) is 5.05. The SMILES string of the molecule is CC.CC.COc1cc(OC)cc(OCCC(=O)O)c1.